The Labute approximate surface area is 114 Å². The SMILES string of the molecule is O=C1CC(C(=O)N(CCO)C2CC2)CN1CC(F)(F)F. The van der Waals surface area contributed by atoms with Gasteiger partial charge in [0.05, 0.1) is 12.5 Å². The summed E-state index contributed by atoms with van der Waals surface area (Å²) in [5, 5.41) is 8.94. The average molecular weight is 294 g/mol. The first-order valence-corrected chi connectivity index (χ1v) is 6.57. The van der Waals surface area contributed by atoms with Gasteiger partial charge in [-0.05, 0) is 12.8 Å². The highest BCUT2D eigenvalue weighted by atomic mass is 19.4. The number of amides is 2. The zero-order chi connectivity index (χ0) is 14.9. The van der Waals surface area contributed by atoms with Crippen LogP contribution in [-0.4, -0.2) is 65.2 Å². The van der Waals surface area contributed by atoms with Crippen molar-refractivity contribution in [1.82, 2.24) is 9.80 Å². The summed E-state index contributed by atoms with van der Waals surface area (Å²) < 4.78 is 36.9. The van der Waals surface area contributed by atoms with Crippen molar-refractivity contribution in [3.8, 4) is 0 Å². The number of rotatable bonds is 5. The molecule has 0 aromatic carbocycles. The summed E-state index contributed by atoms with van der Waals surface area (Å²) in [5.41, 5.74) is 0. The summed E-state index contributed by atoms with van der Waals surface area (Å²) in [7, 11) is 0. The second-order valence-electron chi connectivity index (χ2n) is 5.28. The van der Waals surface area contributed by atoms with Gasteiger partial charge >= 0.3 is 6.18 Å². The van der Waals surface area contributed by atoms with Crippen LogP contribution in [0.2, 0.25) is 0 Å². The molecule has 0 radical (unpaired) electrons. The normalized spacial score (nSPS) is 23.3. The Bertz CT molecular complexity index is 396. The highest BCUT2D eigenvalue weighted by molar-refractivity contribution is 5.89. The average Bonchev–Trinajstić information content (AvgIpc) is 3.10. The third-order valence-electron chi connectivity index (χ3n) is 3.55. The number of halogens is 3. The van der Waals surface area contributed by atoms with E-state index in [1.807, 2.05) is 0 Å². The first kappa shape index (κ1) is 15.1. The minimum atomic E-state index is -4.45. The van der Waals surface area contributed by atoms with Crippen LogP contribution >= 0.6 is 0 Å². The second kappa shape index (κ2) is 5.59. The fourth-order valence-corrected chi connectivity index (χ4v) is 2.51. The molecule has 1 unspecified atom stereocenters. The van der Waals surface area contributed by atoms with E-state index < -0.39 is 24.5 Å². The predicted molar refractivity (Wildman–Crippen MR) is 62.6 cm³/mol. The zero-order valence-corrected chi connectivity index (χ0v) is 10.9. The van der Waals surface area contributed by atoms with Gasteiger partial charge in [-0.1, -0.05) is 0 Å². The molecule has 114 valence electrons. The molecule has 1 saturated heterocycles. The van der Waals surface area contributed by atoms with Crippen molar-refractivity contribution in [2.24, 2.45) is 5.92 Å². The van der Waals surface area contributed by atoms with Crippen LogP contribution in [0, 0.1) is 5.92 Å². The van der Waals surface area contributed by atoms with Gasteiger partial charge in [0.25, 0.3) is 0 Å². The minimum Gasteiger partial charge on any atom is -0.395 e. The molecule has 2 amide bonds. The molecule has 2 rings (SSSR count). The first-order chi connectivity index (χ1) is 9.31. The lowest BCUT2D eigenvalue weighted by Crippen LogP contribution is -2.41. The van der Waals surface area contributed by atoms with E-state index in [-0.39, 0.29) is 38.1 Å². The fraction of sp³-hybridized carbons (Fsp3) is 0.833. The van der Waals surface area contributed by atoms with Crippen LogP contribution in [-0.2, 0) is 9.59 Å². The van der Waals surface area contributed by atoms with Gasteiger partial charge in [-0.2, -0.15) is 13.2 Å². The van der Waals surface area contributed by atoms with Gasteiger partial charge in [-0.15, -0.1) is 0 Å². The van der Waals surface area contributed by atoms with E-state index >= 15 is 0 Å². The molecule has 0 aromatic heterocycles. The molecular weight excluding hydrogens is 277 g/mol. The highest BCUT2D eigenvalue weighted by Crippen LogP contribution is 2.31. The molecular formula is C12H17F3N2O3. The number of hydrogen-bond donors (Lipinski definition) is 1. The van der Waals surface area contributed by atoms with Crippen molar-refractivity contribution in [1.29, 1.82) is 0 Å². The maximum atomic E-state index is 12.3. The van der Waals surface area contributed by atoms with Crippen molar-refractivity contribution < 1.29 is 27.9 Å². The van der Waals surface area contributed by atoms with E-state index in [0.29, 0.717) is 4.90 Å². The largest absolute Gasteiger partial charge is 0.406 e. The Morgan fingerprint density at radius 2 is 2.05 bits per heavy atom. The molecule has 1 aliphatic carbocycles. The number of likely N-dealkylation sites (tertiary alicyclic amines) is 1. The number of hydrogen-bond acceptors (Lipinski definition) is 3. The zero-order valence-electron chi connectivity index (χ0n) is 10.9. The van der Waals surface area contributed by atoms with E-state index in [0.717, 1.165) is 12.8 Å². The molecule has 2 aliphatic rings. The van der Waals surface area contributed by atoms with Crippen molar-refractivity contribution in [3.63, 3.8) is 0 Å². The minimum absolute atomic E-state index is 0.0708. The lowest BCUT2D eigenvalue weighted by atomic mass is 10.1. The Balaban J connectivity index is 1.96. The molecule has 0 spiro atoms. The van der Waals surface area contributed by atoms with Gasteiger partial charge in [-0.3, -0.25) is 9.59 Å². The van der Waals surface area contributed by atoms with E-state index in [1.54, 1.807) is 0 Å². The standard InChI is InChI=1S/C12H17F3N2O3/c13-12(14,15)7-16-6-8(5-10(16)19)11(20)17(3-4-18)9-1-2-9/h8-9,18H,1-7H2. The first-order valence-electron chi connectivity index (χ1n) is 6.57. The number of aliphatic hydroxyl groups excluding tert-OH is 1. The topological polar surface area (TPSA) is 60.9 Å². The van der Waals surface area contributed by atoms with Gasteiger partial charge in [0.15, 0.2) is 0 Å². The van der Waals surface area contributed by atoms with E-state index in [9.17, 15) is 22.8 Å². The Kier molecular flexibility index (Phi) is 4.22. The van der Waals surface area contributed by atoms with Crippen LogP contribution in [0.5, 0.6) is 0 Å². The van der Waals surface area contributed by atoms with E-state index in [4.69, 9.17) is 5.11 Å². The van der Waals surface area contributed by atoms with Crippen LogP contribution in [0.25, 0.3) is 0 Å². The Morgan fingerprint density at radius 1 is 1.40 bits per heavy atom. The molecule has 1 aliphatic heterocycles. The van der Waals surface area contributed by atoms with Crippen LogP contribution in [0.15, 0.2) is 0 Å². The Morgan fingerprint density at radius 3 is 2.55 bits per heavy atom. The van der Waals surface area contributed by atoms with Crippen LogP contribution in [0.1, 0.15) is 19.3 Å². The highest BCUT2D eigenvalue weighted by Gasteiger charge is 2.43. The molecule has 1 heterocycles. The summed E-state index contributed by atoms with van der Waals surface area (Å²) in [4.78, 5) is 25.9. The molecule has 8 heteroatoms. The molecule has 0 aromatic rings. The van der Waals surface area contributed by atoms with E-state index in [2.05, 4.69) is 0 Å². The molecule has 0 bridgehead atoms. The summed E-state index contributed by atoms with van der Waals surface area (Å²) in [6, 6.07) is 0.0708. The summed E-state index contributed by atoms with van der Waals surface area (Å²) >= 11 is 0. The van der Waals surface area contributed by atoms with Crippen molar-refractivity contribution >= 4 is 11.8 Å². The lowest BCUT2D eigenvalue weighted by molar-refractivity contribution is -0.157. The molecule has 5 nitrogen and oxygen atoms in total. The number of carbonyl (C=O) groups is 2. The van der Waals surface area contributed by atoms with Crippen molar-refractivity contribution in [2.75, 3.05) is 26.2 Å². The Hall–Kier alpha value is -1.31. The van der Waals surface area contributed by atoms with Gasteiger partial charge in [0, 0.05) is 25.6 Å². The fourth-order valence-electron chi connectivity index (χ4n) is 2.51. The quantitative estimate of drug-likeness (QED) is 0.797. The molecule has 20 heavy (non-hydrogen) atoms. The molecule has 2 fully saturated rings. The maximum Gasteiger partial charge on any atom is 0.406 e. The smallest absolute Gasteiger partial charge is 0.395 e. The van der Waals surface area contributed by atoms with Crippen LogP contribution in [0.4, 0.5) is 13.2 Å². The van der Waals surface area contributed by atoms with Gasteiger partial charge in [-0.25, -0.2) is 0 Å². The molecule has 1 saturated carbocycles. The summed E-state index contributed by atoms with van der Waals surface area (Å²) in [6.07, 6.45) is -2.93. The van der Waals surface area contributed by atoms with Gasteiger partial charge < -0.3 is 14.9 Å². The lowest BCUT2D eigenvalue weighted by Gasteiger charge is -2.25. The molecule has 1 N–H and O–H groups in total. The van der Waals surface area contributed by atoms with Crippen LogP contribution in [0.3, 0.4) is 0 Å². The number of carbonyl (C=O) groups excluding carboxylic acids is 2. The van der Waals surface area contributed by atoms with Gasteiger partial charge in [0.2, 0.25) is 11.8 Å². The summed E-state index contributed by atoms with van der Waals surface area (Å²) in [6.45, 7) is -1.51. The third-order valence-corrected chi connectivity index (χ3v) is 3.55. The predicted octanol–water partition coefficient (Wildman–Crippen LogP) is 0.380. The van der Waals surface area contributed by atoms with E-state index in [1.165, 1.54) is 4.90 Å². The number of aliphatic hydroxyl groups is 1. The number of nitrogens with zero attached hydrogens (tertiary/aromatic N) is 2. The third kappa shape index (κ3) is 3.62. The van der Waals surface area contributed by atoms with Crippen molar-refractivity contribution in [2.45, 2.75) is 31.5 Å². The maximum absolute atomic E-state index is 12.3. The van der Waals surface area contributed by atoms with Gasteiger partial charge in [0.1, 0.15) is 6.54 Å². The van der Waals surface area contributed by atoms with Crippen molar-refractivity contribution in [3.05, 3.63) is 0 Å². The summed E-state index contributed by atoms with van der Waals surface area (Å²) in [5.74, 6) is -1.68. The van der Waals surface area contributed by atoms with Crippen LogP contribution < -0.4 is 0 Å². The number of alkyl halides is 3. The monoisotopic (exact) mass is 294 g/mol. The second-order valence-corrected chi connectivity index (χ2v) is 5.28. The molecule has 1 atom stereocenters.